The van der Waals surface area contributed by atoms with Gasteiger partial charge >= 0.3 is 0 Å². The van der Waals surface area contributed by atoms with Crippen molar-refractivity contribution in [1.29, 1.82) is 0 Å². The first-order valence-electron chi connectivity index (χ1n) is 2.90. The van der Waals surface area contributed by atoms with Crippen LogP contribution in [-0.4, -0.2) is 5.78 Å². The fourth-order valence-corrected chi connectivity index (χ4v) is 1.01. The van der Waals surface area contributed by atoms with Gasteiger partial charge in [-0.1, -0.05) is 18.6 Å². The van der Waals surface area contributed by atoms with Crippen molar-refractivity contribution in [2.75, 3.05) is 0 Å². The minimum Gasteiger partial charge on any atom is -0.299 e. The summed E-state index contributed by atoms with van der Waals surface area (Å²) >= 11 is 0. The van der Waals surface area contributed by atoms with E-state index in [-0.39, 0.29) is 5.92 Å². The van der Waals surface area contributed by atoms with Gasteiger partial charge in [0, 0.05) is 12.3 Å². The van der Waals surface area contributed by atoms with Crippen molar-refractivity contribution in [3.63, 3.8) is 0 Å². The van der Waals surface area contributed by atoms with Crippen LogP contribution in [0.1, 0.15) is 20.3 Å². The standard InChI is InChI=1S/C7H10O/c1-5-3-6(2)7(8)4-5/h3,6H,4H2,1-2H3. The lowest BCUT2D eigenvalue weighted by molar-refractivity contribution is -0.119. The van der Waals surface area contributed by atoms with Gasteiger partial charge in [-0.2, -0.15) is 0 Å². The zero-order chi connectivity index (χ0) is 6.15. The van der Waals surface area contributed by atoms with E-state index in [2.05, 4.69) is 0 Å². The van der Waals surface area contributed by atoms with Gasteiger partial charge in [-0.05, 0) is 6.92 Å². The number of Topliss-reactive ketones (excluding diaryl/α,β-unsaturated/α-hetero) is 1. The molecular formula is C7H10O. The molecule has 0 amide bonds. The molecule has 1 aliphatic rings. The summed E-state index contributed by atoms with van der Waals surface area (Å²) in [6.45, 7) is 3.94. The Balaban J connectivity index is 2.69. The molecule has 1 nitrogen and oxygen atoms in total. The van der Waals surface area contributed by atoms with Crippen molar-refractivity contribution in [1.82, 2.24) is 0 Å². The number of ketones is 1. The highest BCUT2D eigenvalue weighted by Gasteiger charge is 2.16. The fraction of sp³-hybridized carbons (Fsp3) is 0.571. The molecule has 8 heavy (non-hydrogen) atoms. The maximum Gasteiger partial charge on any atom is 0.143 e. The number of carbonyl (C=O) groups excluding carboxylic acids is 1. The summed E-state index contributed by atoms with van der Waals surface area (Å²) in [6, 6.07) is 0. The fourth-order valence-electron chi connectivity index (χ4n) is 1.01. The third-order valence-corrected chi connectivity index (χ3v) is 1.50. The lowest BCUT2D eigenvalue weighted by Crippen LogP contribution is -1.99. The van der Waals surface area contributed by atoms with Gasteiger partial charge in [-0.3, -0.25) is 4.79 Å². The van der Waals surface area contributed by atoms with Gasteiger partial charge in [0.05, 0.1) is 0 Å². The number of carbonyl (C=O) groups is 1. The topological polar surface area (TPSA) is 17.1 Å². The van der Waals surface area contributed by atoms with Crippen LogP contribution in [0.4, 0.5) is 0 Å². The molecule has 0 aromatic heterocycles. The second-order valence-corrected chi connectivity index (χ2v) is 2.44. The van der Waals surface area contributed by atoms with Crippen LogP contribution in [0.25, 0.3) is 0 Å². The monoisotopic (exact) mass is 110 g/mol. The molecule has 0 saturated heterocycles. The van der Waals surface area contributed by atoms with Crippen LogP contribution < -0.4 is 0 Å². The molecule has 44 valence electrons. The summed E-state index contributed by atoms with van der Waals surface area (Å²) in [5.74, 6) is 0.553. The summed E-state index contributed by atoms with van der Waals surface area (Å²) in [6.07, 6.45) is 2.71. The van der Waals surface area contributed by atoms with Crippen molar-refractivity contribution in [3.8, 4) is 0 Å². The Morgan fingerprint density at radius 3 is 2.50 bits per heavy atom. The van der Waals surface area contributed by atoms with Gasteiger partial charge in [0.1, 0.15) is 5.78 Å². The molecule has 1 heteroatoms. The van der Waals surface area contributed by atoms with Gasteiger partial charge in [0.25, 0.3) is 0 Å². The van der Waals surface area contributed by atoms with E-state index in [1.54, 1.807) is 0 Å². The first kappa shape index (κ1) is 5.54. The normalized spacial score (nSPS) is 28.5. The summed E-state index contributed by atoms with van der Waals surface area (Å²) < 4.78 is 0. The second kappa shape index (κ2) is 1.73. The van der Waals surface area contributed by atoms with Gasteiger partial charge in [-0.15, -0.1) is 0 Å². The summed E-state index contributed by atoms with van der Waals surface area (Å²) in [7, 11) is 0. The minimum atomic E-state index is 0.190. The van der Waals surface area contributed by atoms with Crippen LogP contribution in [0, 0.1) is 5.92 Å². The Morgan fingerprint density at radius 1 is 1.75 bits per heavy atom. The Hall–Kier alpha value is -0.590. The molecule has 0 radical (unpaired) electrons. The molecule has 0 aromatic carbocycles. The van der Waals surface area contributed by atoms with Crippen LogP contribution in [0.15, 0.2) is 11.6 Å². The predicted molar refractivity (Wildman–Crippen MR) is 32.5 cm³/mol. The van der Waals surface area contributed by atoms with Crippen LogP contribution in [-0.2, 0) is 4.79 Å². The van der Waals surface area contributed by atoms with E-state index < -0.39 is 0 Å². The van der Waals surface area contributed by atoms with E-state index in [0.717, 1.165) is 0 Å². The molecule has 0 bridgehead atoms. The quantitative estimate of drug-likeness (QED) is 0.432. The highest BCUT2D eigenvalue weighted by atomic mass is 16.1. The molecule has 0 aromatic rings. The van der Waals surface area contributed by atoms with Gasteiger partial charge in [0.2, 0.25) is 0 Å². The van der Waals surface area contributed by atoms with Crippen LogP contribution in [0.2, 0.25) is 0 Å². The third kappa shape index (κ3) is 0.808. The average Bonchev–Trinajstić information content (AvgIpc) is 1.85. The SMILES string of the molecule is CC1=CC(C)C(=O)C1. The molecule has 1 rings (SSSR count). The molecule has 0 fully saturated rings. The van der Waals surface area contributed by atoms with Crippen LogP contribution >= 0.6 is 0 Å². The number of rotatable bonds is 0. The van der Waals surface area contributed by atoms with Crippen molar-refractivity contribution < 1.29 is 4.79 Å². The molecule has 1 unspecified atom stereocenters. The molecule has 0 saturated carbocycles. The molecule has 1 aliphatic carbocycles. The minimum absolute atomic E-state index is 0.190. The number of hydrogen-bond donors (Lipinski definition) is 0. The van der Waals surface area contributed by atoms with Crippen molar-refractivity contribution in [3.05, 3.63) is 11.6 Å². The smallest absolute Gasteiger partial charge is 0.143 e. The lowest BCUT2D eigenvalue weighted by Gasteiger charge is -1.89. The van der Waals surface area contributed by atoms with E-state index in [4.69, 9.17) is 0 Å². The second-order valence-electron chi connectivity index (χ2n) is 2.44. The van der Waals surface area contributed by atoms with Crippen molar-refractivity contribution in [2.45, 2.75) is 20.3 Å². The molecule has 0 spiro atoms. The first-order valence-corrected chi connectivity index (χ1v) is 2.90. The Bertz CT molecular complexity index is 144. The average molecular weight is 110 g/mol. The number of hydrogen-bond acceptors (Lipinski definition) is 1. The highest BCUT2D eigenvalue weighted by molar-refractivity contribution is 5.87. The molecule has 0 aliphatic heterocycles. The van der Waals surface area contributed by atoms with E-state index in [0.29, 0.717) is 12.2 Å². The molecular weight excluding hydrogens is 100 g/mol. The van der Waals surface area contributed by atoms with Crippen LogP contribution in [0.5, 0.6) is 0 Å². The Kier molecular flexibility index (Phi) is 1.20. The molecule has 1 atom stereocenters. The lowest BCUT2D eigenvalue weighted by atomic mass is 10.1. The zero-order valence-electron chi connectivity index (χ0n) is 5.27. The van der Waals surface area contributed by atoms with Crippen molar-refractivity contribution >= 4 is 5.78 Å². The predicted octanol–water partition coefficient (Wildman–Crippen LogP) is 1.54. The zero-order valence-corrected chi connectivity index (χ0v) is 5.27. The maximum atomic E-state index is 10.7. The number of allylic oxidation sites excluding steroid dienone is 2. The van der Waals surface area contributed by atoms with E-state index in [1.165, 1.54) is 5.57 Å². The van der Waals surface area contributed by atoms with Crippen LogP contribution in [0.3, 0.4) is 0 Å². The largest absolute Gasteiger partial charge is 0.299 e. The van der Waals surface area contributed by atoms with Gasteiger partial charge < -0.3 is 0 Å². The third-order valence-electron chi connectivity index (χ3n) is 1.50. The summed E-state index contributed by atoms with van der Waals surface area (Å²) in [5, 5.41) is 0. The first-order chi connectivity index (χ1) is 3.70. The molecule has 0 heterocycles. The van der Waals surface area contributed by atoms with Gasteiger partial charge in [-0.25, -0.2) is 0 Å². The maximum absolute atomic E-state index is 10.7. The Labute approximate surface area is 49.4 Å². The summed E-state index contributed by atoms with van der Waals surface area (Å²) in [5.41, 5.74) is 1.22. The molecule has 0 N–H and O–H groups in total. The van der Waals surface area contributed by atoms with Crippen molar-refractivity contribution in [2.24, 2.45) is 5.92 Å². The van der Waals surface area contributed by atoms with E-state index in [9.17, 15) is 4.79 Å². The highest BCUT2D eigenvalue weighted by Crippen LogP contribution is 2.18. The van der Waals surface area contributed by atoms with E-state index in [1.807, 2.05) is 19.9 Å². The van der Waals surface area contributed by atoms with E-state index >= 15 is 0 Å². The Morgan fingerprint density at radius 2 is 2.38 bits per heavy atom. The van der Waals surface area contributed by atoms with Gasteiger partial charge in [0.15, 0.2) is 0 Å². The summed E-state index contributed by atoms with van der Waals surface area (Å²) in [4.78, 5) is 10.7.